The molecule has 0 aliphatic heterocycles. The third-order valence-electron chi connectivity index (χ3n) is 3.35. The topological polar surface area (TPSA) is 60.9 Å². The maximum absolute atomic E-state index is 11.4. The van der Waals surface area contributed by atoms with E-state index in [1.165, 1.54) is 5.57 Å². The molecule has 1 aromatic heterocycles. The van der Waals surface area contributed by atoms with Crippen LogP contribution in [0.25, 0.3) is 0 Å². The minimum atomic E-state index is -0.303. The molecule has 0 saturated heterocycles. The molecule has 2 N–H and O–H groups in total. The van der Waals surface area contributed by atoms with Crippen molar-refractivity contribution < 1.29 is 4.79 Å². The zero-order valence-corrected chi connectivity index (χ0v) is 11.5. The molecule has 0 fully saturated rings. The van der Waals surface area contributed by atoms with E-state index in [9.17, 15) is 4.79 Å². The van der Waals surface area contributed by atoms with Gasteiger partial charge in [0, 0.05) is 24.5 Å². The number of hydrogen-bond donors (Lipinski definition) is 1. The highest BCUT2D eigenvalue weighted by Gasteiger charge is 2.17. The van der Waals surface area contributed by atoms with Crippen molar-refractivity contribution >= 4 is 5.91 Å². The third-order valence-corrected chi connectivity index (χ3v) is 3.35. The van der Waals surface area contributed by atoms with Gasteiger partial charge in [-0.2, -0.15) is 0 Å². The van der Waals surface area contributed by atoms with Crippen molar-refractivity contribution in [2.45, 2.75) is 46.6 Å². The lowest BCUT2D eigenvalue weighted by Gasteiger charge is -2.21. The van der Waals surface area contributed by atoms with E-state index in [0.717, 1.165) is 31.4 Å². The van der Waals surface area contributed by atoms with Gasteiger partial charge >= 0.3 is 0 Å². The Labute approximate surface area is 109 Å². The maximum atomic E-state index is 11.4. The van der Waals surface area contributed by atoms with Crippen molar-refractivity contribution in [3.8, 4) is 0 Å². The van der Waals surface area contributed by atoms with Crippen molar-refractivity contribution in [2.75, 3.05) is 0 Å². The number of primary amides is 1. The van der Waals surface area contributed by atoms with Crippen LogP contribution in [0.1, 0.15) is 40.0 Å². The van der Waals surface area contributed by atoms with E-state index in [1.54, 1.807) is 6.20 Å². The normalized spacial score (nSPS) is 14.2. The van der Waals surface area contributed by atoms with Crippen molar-refractivity contribution in [1.29, 1.82) is 0 Å². The van der Waals surface area contributed by atoms with Gasteiger partial charge in [0.05, 0.1) is 6.33 Å². The Morgan fingerprint density at radius 3 is 2.61 bits per heavy atom. The maximum Gasteiger partial charge on any atom is 0.244 e. The van der Waals surface area contributed by atoms with Gasteiger partial charge in [0.2, 0.25) is 5.91 Å². The third kappa shape index (κ3) is 3.72. The summed E-state index contributed by atoms with van der Waals surface area (Å²) in [4.78, 5) is 15.4. The molecule has 1 atom stereocenters. The fourth-order valence-electron chi connectivity index (χ4n) is 2.26. The molecule has 1 heterocycles. The highest BCUT2D eigenvalue weighted by Crippen LogP contribution is 2.25. The minimum Gasteiger partial charge on any atom is -0.366 e. The second kappa shape index (κ2) is 6.99. The van der Waals surface area contributed by atoms with E-state index in [4.69, 9.17) is 5.73 Å². The average molecular weight is 249 g/mol. The van der Waals surface area contributed by atoms with E-state index < -0.39 is 0 Å². The lowest BCUT2D eigenvalue weighted by Crippen LogP contribution is -2.19. The van der Waals surface area contributed by atoms with E-state index in [2.05, 4.69) is 23.4 Å². The van der Waals surface area contributed by atoms with Crippen LogP contribution in [0.4, 0.5) is 0 Å². The summed E-state index contributed by atoms with van der Waals surface area (Å²) in [5, 5.41) is 0. The molecule has 0 saturated carbocycles. The zero-order valence-electron chi connectivity index (χ0n) is 11.5. The first-order valence-corrected chi connectivity index (χ1v) is 6.55. The van der Waals surface area contributed by atoms with Crippen molar-refractivity contribution in [3.05, 3.63) is 29.9 Å². The Morgan fingerprint density at radius 1 is 1.44 bits per heavy atom. The highest BCUT2D eigenvalue weighted by molar-refractivity contribution is 5.92. The second-order valence-corrected chi connectivity index (χ2v) is 4.63. The molecule has 1 amide bonds. The number of allylic oxidation sites excluding steroid dienone is 1. The van der Waals surface area contributed by atoms with Gasteiger partial charge in [-0.3, -0.25) is 4.79 Å². The molecule has 1 aromatic rings. The van der Waals surface area contributed by atoms with Crippen LogP contribution in [0.2, 0.25) is 0 Å². The summed E-state index contributed by atoms with van der Waals surface area (Å²) in [5.74, 6) is 0.0502. The Balaban J connectivity index is 2.94. The number of hydrogen-bond acceptors (Lipinski definition) is 2. The molecule has 1 unspecified atom stereocenters. The van der Waals surface area contributed by atoms with Gasteiger partial charge < -0.3 is 10.3 Å². The van der Waals surface area contributed by atoms with E-state index in [0.29, 0.717) is 5.92 Å². The number of carbonyl (C=O) groups is 1. The van der Waals surface area contributed by atoms with Crippen LogP contribution in [-0.4, -0.2) is 15.5 Å². The molecule has 4 heteroatoms. The summed E-state index contributed by atoms with van der Waals surface area (Å²) in [6.45, 7) is 6.96. The number of nitrogens with zero attached hydrogens (tertiary/aromatic N) is 2. The molecule has 0 aliphatic carbocycles. The average Bonchev–Trinajstić information content (AvgIpc) is 2.85. The molecular formula is C14H23N3O. The Hall–Kier alpha value is -1.58. The van der Waals surface area contributed by atoms with Gasteiger partial charge in [0.25, 0.3) is 0 Å². The van der Waals surface area contributed by atoms with Crippen LogP contribution in [0.3, 0.4) is 0 Å². The number of imidazole rings is 1. The van der Waals surface area contributed by atoms with Crippen molar-refractivity contribution in [3.63, 3.8) is 0 Å². The lowest BCUT2D eigenvalue weighted by atomic mass is 9.88. The molecule has 100 valence electrons. The van der Waals surface area contributed by atoms with Gasteiger partial charge in [-0.05, 0) is 25.7 Å². The van der Waals surface area contributed by atoms with E-state index >= 15 is 0 Å². The van der Waals surface area contributed by atoms with E-state index in [-0.39, 0.29) is 5.91 Å². The van der Waals surface area contributed by atoms with E-state index in [1.807, 2.05) is 19.4 Å². The predicted molar refractivity (Wildman–Crippen MR) is 72.8 cm³/mol. The Kier molecular flexibility index (Phi) is 5.62. The number of aromatic nitrogens is 2. The SMILES string of the molecule is CCCC(=C(C)C(N)=O)C(CC)Cn1ccnc1. The summed E-state index contributed by atoms with van der Waals surface area (Å²) < 4.78 is 2.05. The van der Waals surface area contributed by atoms with Gasteiger partial charge in [0.15, 0.2) is 0 Å². The van der Waals surface area contributed by atoms with Gasteiger partial charge in [0.1, 0.15) is 0 Å². The summed E-state index contributed by atoms with van der Waals surface area (Å²) in [5.41, 5.74) is 7.34. The molecular weight excluding hydrogens is 226 g/mol. The number of carbonyl (C=O) groups excluding carboxylic acids is 1. The summed E-state index contributed by atoms with van der Waals surface area (Å²) in [6, 6.07) is 0. The highest BCUT2D eigenvalue weighted by atomic mass is 16.1. The quantitative estimate of drug-likeness (QED) is 0.755. The molecule has 0 aliphatic rings. The Bertz CT molecular complexity index is 407. The lowest BCUT2D eigenvalue weighted by molar-refractivity contribution is -0.114. The van der Waals surface area contributed by atoms with Crippen molar-refractivity contribution in [2.24, 2.45) is 11.7 Å². The zero-order chi connectivity index (χ0) is 13.5. The molecule has 0 radical (unpaired) electrons. The monoisotopic (exact) mass is 249 g/mol. The summed E-state index contributed by atoms with van der Waals surface area (Å²) in [6.07, 6.45) is 8.50. The molecule has 1 rings (SSSR count). The van der Waals surface area contributed by atoms with Crippen LogP contribution in [-0.2, 0) is 11.3 Å². The van der Waals surface area contributed by atoms with Crippen LogP contribution in [0.15, 0.2) is 29.9 Å². The number of amides is 1. The summed E-state index contributed by atoms with van der Waals surface area (Å²) in [7, 11) is 0. The van der Waals surface area contributed by atoms with Gasteiger partial charge in [-0.1, -0.05) is 25.8 Å². The standard InChI is InChI=1S/C14H23N3O/c1-4-6-13(11(3)14(15)18)12(5-2)9-17-8-7-16-10-17/h7-8,10,12H,4-6,9H2,1-3H3,(H2,15,18). The first kappa shape index (κ1) is 14.5. The van der Waals surface area contributed by atoms with Gasteiger partial charge in [-0.25, -0.2) is 4.98 Å². The molecule has 0 bridgehead atoms. The number of rotatable bonds is 7. The molecule has 0 spiro atoms. The fraction of sp³-hybridized carbons (Fsp3) is 0.571. The minimum absolute atomic E-state index is 0.303. The Morgan fingerprint density at radius 2 is 2.17 bits per heavy atom. The largest absolute Gasteiger partial charge is 0.366 e. The van der Waals surface area contributed by atoms with Gasteiger partial charge in [-0.15, -0.1) is 0 Å². The van der Waals surface area contributed by atoms with Crippen LogP contribution in [0.5, 0.6) is 0 Å². The first-order chi connectivity index (χ1) is 8.60. The fourth-order valence-corrected chi connectivity index (χ4v) is 2.26. The molecule has 4 nitrogen and oxygen atoms in total. The van der Waals surface area contributed by atoms with Crippen molar-refractivity contribution in [1.82, 2.24) is 9.55 Å². The van der Waals surface area contributed by atoms with Crippen LogP contribution < -0.4 is 5.73 Å². The summed E-state index contributed by atoms with van der Waals surface area (Å²) >= 11 is 0. The molecule has 18 heavy (non-hydrogen) atoms. The van der Waals surface area contributed by atoms with Crippen LogP contribution in [0, 0.1) is 5.92 Å². The van der Waals surface area contributed by atoms with Crippen LogP contribution >= 0.6 is 0 Å². The smallest absolute Gasteiger partial charge is 0.244 e. The second-order valence-electron chi connectivity index (χ2n) is 4.63. The number of nitrogens with two attached hydrogens (primary N) is 1. The predicted octanol–water partition coefficient (Wildman–Crippen LogP) is 2.51. The first-order valence-electron chi connectivity index (χ1n) is 6.55. The molecule has 0 aromatic carbocycles.